The first kappa shape index (κ1) is 14.7. The van der Waals surface area contributed by atoms with Gasteiger partial charge < -0.3 is 24.3 Å². The fourth-order valence-corrected chi connectivity index (χ4v) is 9.06. The van der Waals surface area contributed by atoms with Crippen molar-refractivity contribution >= 4 is 0 Å². The molecule has 142 valence electrons. The number of hydrogen-bond donors (Lipinski definition) is 1. The smallest absolute Gasteiger partial charge is 0.231 e. The van der Waals surface area contributed by atoms with Crippen molar-refractivity contribution in [2.45, 2.75) is 24.7 Å². The van der Waals surface area contributed by atoms with Gasteiger partial charge in [-0.15, -0.1) is 0 Å². The minimum absolute atomic E-state index is 0.179. The lowest BCUT2D eigenvalue weighted by Gasteiger charge is -2.54. The molecule has 1 aromatic carbocycles. The van der Waals surface area contributed by atoms with Gasteiger partial charge in [0.2, 0.25) is 6.79 Å². The molecular weight excluding hydrogens is 342 g/mol. The average molecular weight is 367 g/mol. The van der Waals surface area contributed by atoms with Gasteiger partial charge in [-0.25, -0.2) is 0 Å². The van der Waals surface area contributed by atoms with Gasteiger partial charge in [0.15, 0.2) is 17.3 Å². The molecule has 1 aromatic rings. The molecule has 6 fully saturated rings. The number of benzene rings is 1. The molecule has 1 N–H and O–H groups in total. The first-order chi connectivity index (χ1) is 13.4. The second kappa shape index (κ2) is 4.64. The van der Waals surface area contributed by atoms with E-state index in [0.29, 0.717) is 24.7 Å². The molecule has 2 heterocycles. The molecule has 5 heteroatoms. The van der Waals surface area contributed by atoms with Crippen LogP contribution in [-0.2, 0) is 15.9 Å². The zero-order valence-electron chi connectivity index (χ0n) is 15.3. The summed E-state index contributed by atoms with van der Waals surface area (Å²) >= 11 is 0. The SMILES string of the molecule is c1cc2c(cc1CCN[C@@H]1[C@H]3[C@H]4[C@@H]5C[C@@H]6[C@H]4[C@H]3C3(OCCO3)[C@@H]6[C@@H]51)OCO2. The molecule has 8 rings (SSSR count). The van der Waals surface area contributed by atoms with Crippen LogP contribution in [0, 0.1) is 47.3 Å². The van der Waals surface area contributed by atoms with Crippen LogP contribution in [0.1, 0.15) is 12.0 Å². The molecule has 0 radical (unpaired) electrons. The Hall–Kier alpha value is -1.30. The maximum Gasteiger partial charge on any atom is 0.231 e. The van der Waals surface area contributed by atoms with Gasteiger partial charge in [-0.1, -0.05) is 6.07 Å². The highest BCUT2D eigenvalue weighted by molar-refractivity contribution is 5.44. The summed E-state index contributed by atoms with van der Waals surface area (Å²) in [6.45, 7) is 3.01. The Morgan fingerprint density at radius 1 is 0.926 bits per heavy atom. The zero-order valence-corrected chi connectivity index (χ0v) is 15.3. The fourth-order valence-electron chi connectivity index (χ4n) is 9.06. The van der Waals surface area contributed by atoms with E-state index in [1.165, 1.54) is 12.0 Å². The highest BCUT2D eigenvalue weighted by Crippen LogP contribution is 2.86. The van der Waals surface area contributed by atoms with Gasteiger partial charge in [0, 0.05) is 17.9 Å². The Morgan fingerprint density at radius 2 is 1.81 bits per heavy atom. The quantitative estimate of drug-likeness (QED) is 0.883. The van der Waals surface area contributed by atoms with E-state index in [1.54, 1.807) is 0 Å². The summed E-state index contributed by atoms with van der Waals surface area (Å²) in [5, 5.41) is 4.00. The van der Waals surface area contributed by atoms with Gasteiger partial charge in [-0.05, 0) is 72.6 Å². The van der Waals surface area contributed by atoms with Crippen LogP contribution in [0.2, 0.25) is 0 Å². The Bertz CT molecular complexity index is 836. The molecular formula is C22H25NO4. The van der Waals surface area contributed by atoms with E-state index >= 15 is 0 Å². The van der Waals surface area contributed by atoms with Crippen LogP contribution in [-0.4, -0.2) is 38.4 Å². The molecule has 0 amide bonds. The van der Waals surface area contributed by atoms with Gasteiger partial charge in [-0.2, -0.15) is 0 Å². The van der Waals surface area contributed by atoms with Crippen molar-refractivity contribution in [1.29, 1.82) is 0 Å². The minimum atomic E-state index is -0.179. The van der Waals surface area contributed by atoms with E-state index in [1.807, 2.05) is 6.07 Å². The highest BCUT2D eigenvalue weighted by atomic mass is 16.7. The average Bonchev–Trinajstić information content (AvgIpc) is 3.41. The number of fused-ring (bicyclic) bond motifs is 5. The normalized spacial score (nSPS) is 50.3. The number of hydrogen-bond acceptors (Lipinski definition) is 5. The Morgan fingerprint density at radius 3 is 2.74 bits per heavy atom. The predicted molar refractivity (Wildman–Crippen MR) is 95.2 cm³/mol. The minimum Gasteiger partial charge on any atom is -0.454 e. The van der Waals surface area contributed by atoms with Gasteiger partial charge in [-0.3, -0.25) is 0 Å². The van der Waals surface area contributed by atoms with Crippen molar-refractivity contribution in [1.82, 2.24) is 5.32 Å². The van der Waals surface area contributed by atoms with Crippen molar-refractivity contribution in [2.75, 3.05) is 26.6 Å². The molecule has 5 nitrogen and oxygen atoms in total. The second-order valence-corrected chi connectivity index (χ2v) is 9.76. The summed E-state index contributed by atoms with van der Waals surface area (Å²) in [4.78, 5) is 0. The van der Waals surface area contributed by atoms with E-state index in [2.05, 4.69) is 17.4 Å². The molecule has 1 spiro atoms. The van der Waals surface area contributed by atoms with E-state index < -0.39 is 0 Å². The first-order valence-electron chi connectivity index (χ1n) is 10.8. The van der Waals surface area contributed by atoms with E-state index in [9.17, 15) is 0 Å². The molecule has 9 atom stereocenters. The standard InChI is InChI=1S/C22H25NO4/c1-2-13-14(25-9-24-13)7-10(1)3-4-23-21-17-11-8-12-16-15(11)18(21)20(16)22(19(12)17)26-5-6-27-22/h1-2,7,11-12,15-21,23H,3-6,8-9H2/t11-,12+,15-,16+,17+,18-,19-,20+,21-/m0/s1. The zero-order chi connectivity index (χ0) is 17.3. The molecule has 27 heavy (non-hydrogen) atoms. The molecule has 0 unspecified atom stereocenters. The van der Waals surface area contributed by atoms with Gasteiger partial charge in [0.25, 0.3) is 0 Å². The second-order valence-electron chi connectivity index (χ2n) is 9.76. The van der Waals surface area contributed by atoms with Crippen molar-refractivity contribution < 1.29 is 18.9 Å². The third-order valence-corrected chi connectivity index (χ3v) is 9.35. The molecule has 5 saturated carbocycles. The van der Waals surface area contributed by atoms with Gasteiger partial charge in [0.1, 0.15) is 0 Å². The van der Waals surface area contributed by atoms with Crippen LogP contribution in [0.5, 0.6) is 11.5 Å². The summed E-state index contributed by atoms with van der Waals surface area (Å²) in [7, 11) is 0. The third kappa shape index (κ3) is 1.48. The maximum absolute atomic E-state index is 6.35. The molecule has 7 aliphatic rings. The number of ether oxygens (including phenoxy) is 4. The summed E-state index contributed by atoms with van der Waals surface area (Å²) in [5.41, 5.74) is 1.33. The molecule has 0 aromatic heterocycles. The summed E-state index contributed by atoms with van der Waals surface area (Å²) in [5.74, 6) is 8.23. The maximum atomic E-state index is 6.35. The van der Waals surface area contributed by atoms with Crippen molar-refractivity contribution in [3.63, 3.8) is 0 Å². The Kier molecular flexibility index (Phi) is 2.52. The third-order valence-electron chi connectivity index (χ3n) is 9.35. The first-order valence-corrected chi connectivity index (χ1v) is 10.8. The molecule has 2 bridgehead atoms. The van der Waals surface area contributed by atoms with Crippen molar-refractivity contribution in [3.8, 4) is 11.5 Å². The van der Waals surface area contributed by atoms with Crippen LogP contribution >= 0.6 is 0 Å². The van der Waals surface area contributed by atoms with Crippen molar-refractivity contribution in [2.24, 2.45) is 47.3 Å². The lowest BCUT2D eigenvalue weighted by Crippen LogP contribution is -2.62. The topological polar surface area (TPSA) is 49.0 Å². The van der Waals surface area contributed by atoms with E-state index in [0.717, 1.165) is 73.2 Å². The van der Waals surface area contributed by atoms with Crippen LogP contribution in [0.25, 0.3) is 0 Å². The van der Waals surface area contributed by atoms with E-state index in [-0.39, 0.29) is 5.79 Å². The predicted octanol–water partition coefficient (Wildman–Crippen LogP) is 2.05. The summed E-state index contributed by atoms with van der Waals surface area (Å²) in [6, 6.07) is 7.04. The van der Waals surface area contributed by atoms with Gasteiger partial charge in [0.05, 0.1) is 13.2 Å². The molecule has 2 aliphatic heterocycles. The Labute approximate surface area is 158 Å². The van der Waals surface area contributed by atoms with Crippen LogP contribution < -0.4 is 14.8 Å². The van der Waals surface area contributed by atoms with Crippen LogP contribution in [0.4, 0.5) is 0 Å². The summed E-state index contributed by atoms with van der Waals surface area (Å²) in [6.07, 6.45) is 2.49. The number of rotatable bonds is 4. The molecule has 5 aliphatic carbocycles. The largest absolute Gasteiger partial charge is 0.454 e. The Balaban J connectivity index is 1.03. The molecule has 1 saturated heterocycles. The van der Waals surface area contributed by atoms with E-state index in [4.69, 9.17) is 18.9 Å². The van der Waals surface area contributed by atoms with Crippen LogP contribution in [0.15, 0.2) is 18.2 Å². The van der Waals surface area contributed by atoms with Crippen LogP contribution in [0.3, 0.4) is 0 Å². The monoisotopic (exact) mass is 367 g/mol. The number of nitrogens with one attached hydrogen (secondary N) is 1. The fraction of sp³-hybridized carbons (Fsp3) is 0.727. The lowest BCUT2D eigenvalue weighted by molar-refractivity contribution is -0.264. The lowest BCUT2D eigenvalue weighted by atomic mass is 9.57. The highest BCUT2D eigenvalue weighted by Gasteiger charge is 2.88. The van der Waals surface area contributed by atoms with Crippen molar-refractivity contribution in [3.05, 3.63) is 23.8 Å². The summed E-state index contributed by atoms with van der Waals surface area (Å²) < 4.78 is 23.6. The van der Waals surface area contributed by atoms with Gasteiger partial charge >= 0.3 is 0 Å².